The maximum Gasteiger partial charge on any atom is 0.290 e. The second-order valence-corrected chi connectivity index (χ2v) is 11.3. The van der Waals surface area contributed by atoms with Crippen LogP contribution in [-0.4, -0.2) is 44.9 Å². The van der Waals surface area contributed by atoms with E-state index in [0.717, 1.165) is 42.8 Å². The summed E-state index contributed by atoms with van der Waals surface area (Å²) in [5.41, 5.74) is 2.90. The second-order valence-electron chi connectivity index (χ2n) is 9.38. The minimum absolute atomic E-state index is 0.352. The zero-order chi connectivity index (χ0) is 24.7. The van der Waals surface area contributed by atoms with E-state index in [4.69, 9.17) is 4.98 Å². The molecule has 0 bridgehead atoms. The molecule has 1 atom stereocenters. The third kappa shape index (κ3) is 6.74. The Balaban J connectivity index is 1.02. The summed E-state index contributed by atoms with van der Waals surface area (Å²) in [5.74, 6) is 3.00. The molecule has 8 nitrogen and oxygen atoms in total. The van der Waals surface area contributed by atoms with Crippen molar-refractivity contribution in [1.82, 2.24) is 25.6 Å². The number of hydrogen-bond donors (Lipinski definition) is 3. The molecule has 5 rings (SSSR count). The largest absolute Gasteiger partial charge is 0.354 e. The molecule has 1 saturated heterocycles. The molecular weight excluding hydrogens is 492 g/mol. The number of anilines is 1. The van der Waals surface area contributed by atoms with Crippen LogP contribution in [0.3, 0.4) is 0 Å². The van der Waals surface area contributed by atoms with Crippen molar-refractivity contribution in [1.29, 1.82) is 0 Å². The van der Waals surface area contributed by atoms with Gasteiger partial charge in [0, 0.05) is 36.7 Å². The molecular formula is C26H30N6O2S2. The monoisotopic (exact) mass is 522 g/mol. The number of pyridine rings is 1. The number of carbonyl (C=O) groups excluding carboxylic acids is 2. The molecule has 1 saturated carbocycles. The number of aromatic nitrogens is 3. The summed E-state index contributed by atoms with van der Waals surface area (Å²) < 4.78 is 0. The molecule has 2 amide bonds. The Morgan fingerprint density at radius 3 is 2.64 bits per heavy atom. The van der Waals surface area contributed by atoms with E-state index < -0.39 is 0 Å². The summed E-state index contributed by atoms with van der Waals surface area (Å²) in [6.45, 7) is 2.68. The topological polar surface area (TPSA) is 109 Å². The van der Waals surface area contributed by atoms with Crippen LogP contribution in [0.2, 0.25) is 0 Å². The molecule has 4 heterocycles. The molecule has 2 aromatic rings. The summed E-state index contributed by atoms with van der Waals surface area (Å²) in [4.78, 5) is 37.1. The molecule has 188 valence electrons. The molecule has 1 unspecified atom stereocenters. The fourth-order valence-electron chi connectivity index (χ4n) is 4.73. The molecule has 1 aliphatic carbocycles. The molecule has 2 aromatic heterocycles. The normalized spacial score (nSPS) is 24.9. The Morgan fingerprint density at radius 2 is 1.89 bits per heavy atom. The van der Waals surface area contributed by atoms with E-state index in [0.29, 0.717) is 34.3 Å². The van der Waals surface area contributed by atoms with Crippen molar-refractivity contribution in [2.75, 3.05) is 24.2 Å². The SMILES string of the molecule is O=C1NC(=O)/C(=C/c2ccnc(NCC3CCC(CNCc4cccc(C5C=CSC5)n4)CC3)n2)S1. The summed E-state index contributed by atoms with van der Waals surface area (Å²) in [5, 5.41) is 11.0. The predicted molar refractivity (Wildman–Crippen MR) is 145 cm³/mol. The zero-order valence-electron chi connectivity index (χ0n) is 20.0. The van der Waals surface area contributed by atoms with Gasteiger partial charge in [-0.05, 0) is 85.5 Å². The molecule has 36 heavy (non-hydrogen) atoms. The molecule has 0 radical (unpaired) electrons. The highest BCUT2D eigenvalue weighted by Crippen LogP contribution is 2.30. The standard InChI is InChI=1S/C26H30N6O2S2/c33-24-23(36-26(34)32-24)12-20-8-10-28-25(31-20)29-14-18-6-4-17(5-7-18)13-27-15-21-2-1-3-22(30-21)19-9-11-35-16-19/h1-3,8-12,17-19,27H,4-7,13-16H2,(H,28,29,31)(H,32,33,34)/b23-12-. The molecule has 10 heteroatoms. The number of amides is 2. The number of rotatable bonds is 9. The number of thioether (sulfide) groups is 2. The number of imide groups is 1. The van der Waals surface area contributed by atoms with Gasteiger partial charge < -0.3 is 10.6 Å². The summed E-state index contributed by atoms with van der Waals surface area (Å²) in [6.07, 6.45) is 10.3. The van der Waals surface area contributed by atoms with Crippen LogP contribution in [-0.2, 0) is 11.3 Å². The number of allylic oxidation sites excluding steroid dienone is 1. The van der Waals surface area contributed by atoms with E-state index in [1.165, 1.54) is 31.4 Å². The van der Waals surface area contributed by atoms with Crippen LogP contribution in [0.1, 0.15) is 48.7 Å². The van der Waals surface area contributed by atoms with Gasteiger partial charge in [-0.3, -0.25) is 19.9 Å². The molecule has 0 aromatic carbocycles. The number of nitrogens with zero attached hydrogens (tertiary/aromatic N) is 3. The lowest BCUT2D eigenvalue weighted by Gasteiger charge is -2.28. The molecule has 3 aliphatic rings. The Labute approximate surface area is 219 Å². The molecule has 2 aliphatic heterocycles. The highest BCUT2D eigenvalue weighted by Gasteiger charge is 2.25. The van der Waals surface area contributed by atoms with Gasteiger partial charge in [-0.1, -0.05) is 12.1 Å². The van der Waals surface area contributed by atoms with E-state index in [1.807, 2.05) is 11.8 Å². The van der Waals surface area contributed by atoms with Gasteiger partial charge in [0.05, 0.1) is 16.3 Å². The van der Waals surface area contributed by atoms with Crippen LogP contribution in [0.15, 0.2) is 46.9 Å². The van der Waals surface area contributed by atoms with Crippen molar-refractivity contribution in [3.8, 4) is 0 Å². The first-order chi connectivity index (χ1) is 17.6. The minimum atomic E-state index is -0.380. The molecule has 3 N–H and O–H groups in total. The summed E-state index contributed by atoms with van der Waals surface area (Å²) in [6, 6.07) is 8.09. The minimum Gasteiger partial charge on any atom is -0.354 e. The van der Waals surface area contributed by atoms with Crippen LogP contribution in [0, 0.1) is 11.8 Å². The van der Waals surface area contributed by atoms with Crippen LogP contribution in [0.4, 0.5) is 10.7 Å². The van der Waals surface area contributed by atoms with Crippen LogP contribution in [0.5, 0.6) is 0 Å². The highest BCUT2D eigenvalue weighted by atomic mass is 32.2. The Bertz CT molecular complexity index is 1160. The van der Waals surface area contributed by atoms with Gasteiger partial charge in [0.15, 0.2) is 0 Å². The summed E-state index contributed by atoms with van der Waals surface area (Å²) in [7, 11) is 0. The van der Waals surface area contributed by atoms with Crippen LogP contribution >= 0.6 is 23.5 Å². The van der Waals surface area contributed by atoms with Gasteiger partial charge in [0.2, 0.25) is 5.95 Å². The quantitative estimate of drug-likeness (QED) is 0.409. The summed E-state index contributed by atoms with van der Waals surface area (Å²) >= 11 is 2.74. The highest BCUT2D eigenvalue weighted by molar-refractivity contribution is 8.18. The first-order valence-corrected chi connectivity index (χ1v) is 14.3. The van der Waals surface area contributed by atoms with Crippen LogP contribution < -0.4 is 16.0 Å². The smallest absolute Gasteiger partial charge is 0.290 e. The predicted octanol–water partition coefficient (Wildman–Crippen LogP) is 4.55. The maximum absolute atomic E-state index is 11.7. The number of carbonyl (C=O) groups is 2. The number of nitrogens with one attached hydrogen (secondary N) is 3. The van der Waals surface area contributed by atoms with E-state index in [9.17, 15) is 9.59 Å². The van der Waals surface area contributed by atoms with Gasteiger partial charge in [0.25, 0.3) is 11.1 Å². The van der Waals surface area contributed by atoms with Crippen molar-refractivity contribution in [2.24, 2.45) is 11.8 Å². The van der Waals surface area contributed by atoms with E-state index in [-0.39, 0.29) is 11.1 Å². The number of hydrogen-bond acceptors (Lipinski definition) is 9. The van der Waals surface area contributed by atoms with Gasteiger partial charge in [0.1, 0.15) is 0 Å². The van der Waals surface area contributed by atoms with Gasteiger partial charge in [-0.2, -0.15) is 0 Å². The Morgan fingerprint density at radius 1 is 1.06 bits per heavy atom. The fourth-order valence-corrected chi connectivity index (χ4v) is 6.29. The Kier molecular flexibility index (Phi) is 8.35. The van der Waals surface area contributed by atoms with Crippen molar-refractivity contribution in [3.63, 3.8) is 0 Å². The van der Waals surface area contributed by atoms with E-state index in [1.54, 1.807) is 18.3 Å². The lowest BCUT2D eigenvalue weighted by atomic mass is 9.82. The van der Waals surface area contributed by atoms with Crippen molar-refractivity contribution >= 4 is 46.7 Å². The lowest BCUT2D eigenvalue weighted by Crippen LogP contribution is -2.28. The maximum atomic E-state index is 11.7. The fraction of sp³-hybridized carbons (Fsp3) is 0.423. The molecule has 2 fully saturated rings. The average molecular weight is 523 g/mol. The molecule has 0 spiro atoms. The van der Waals surface area contributed by atoms with Gasteiger partial charge in [-0.15, -0.1) is 11.8 Å². The third-order valence-electron chi connectivity index (χ3n) is 6.74. The van der Waals surface area contributed by atoms with E-state index in [2.05, 4.69) is 55.6 Å². The first kappa shape index (κ1) is 25.0. The van der Waals surface area contributed by atoms with E-state index >= 15 is 0 Å². The Hall–Kier alpha value is -2.69. The average Bonchev–Trinajstić information content (AvgIpc) is 3.54. The van der Waals surface area contributed by atoms with Crippen molar-refractivity contribution < 1.29 is 9.59 Å². The lowest BCUT2D eigenvalue weighted by molar-refractivity contribution is -0.115. The van der Waals surface area contributed by atoms with Crippen molar-refractivity contribution in [2.45, 2.75) is 38.1 Å². The zero-order valence-corrected chi connectivity index (χ0v) is 21.6. The third-order valence-corrected chi connectivity index (χ3v) is 8.46. The van der Waals surface area contributed by atoms with Gasteiger partial charge >= 0.3 is 0 Å². The van der Waals surface area contributed by atoms with Gasteiger partial charge in [-0.25, -0.2) is 9.97 Å². The van der Waals surface area contributed by atoms with Crippen molar-refractivity contribution in [3.05, 3.63) is 63.9 Å². The first-order valence-electron chi connectivity index (χ1n) is 12.4. The van der Waals surface area contributed by atoms with Crippen LogP contribution in [0.25, 0.3) is 6.08 Å². The second kappa shape index (κ2) is 12.0.